The molecule has 0 radical (unpaired) electrons. The van der Waals surface area contributed by atoms with Crippen LogP contribution in [0, 0.1) is 17.5 Å². The molecule has 3 aromatic carbocycles. The second-order valence-corrected chi connectivity index (χ2v) is 12.7. The number of benzene rings is 3. The van der Waals surface area contributed by atoms with E-state index in [1.807, 2.05) is 0 Å². The predicted molar refractivity (Wildman–Crippen MR) is 156 cm³/mol. The van der Waals surface area contributed by atoms with Gasteiger partial charge >= 0.3 is 6.03 Å². The summed E-state index contributed by atoms with van der Waals surface area (Å²) in [7, 11) is -3.79. The number of nitrogens with one attached hydrogen (secondary N) is 2. The van der Waals surface area contributed by atoms with Crippen LogP contribution < -0.4 is 10.0 Å². The molecule has 0 atom stereocenters. The number of hydrogen-bond donors (Lipinski definition) is 2. The largest absolute Gasteiger partial charge is 0.322 e. The molecule has 0 saturated carbocycles. The number of sulfonamides is 1. The SMILES string of the molecule is CCCCCCCN(Cc1ccc(-c2ccccc2S(=O)(=O)NC(C)(C)C)cc1)C(=O)Nc1c(F)cc(F)cc1F. The highest BCUT2D eigenvalue weighted by molar-refractivity contribution is 7.89. The average Bonchev–Trinajstić information content (AvgIpc) is 2.89. The zero-order chi connectivity index (χ0) is 30.2. The van der Waals surface area contributed by atoms with Gasteiger partial charge in [-0.1, -0.05) is 75.1 Å². The first-order chi connectivity index (χ1) is 19.3. The molecule has 3 rings (SSSR count). The van der Waals surface area contributed by atoms with Crippen molar-refractivity contribution in [2.45, 2.75) is 76.8 Å². The van der Waals surface area contributed by atoms with E-state index in [0.29, 0.717) is 36.2 Å². The molecule has 0 fully saturated rings. The molecule has 0 heterocycles. The number of rotatable bonds is 12. The van der Waals surface area contributed by atoms with Crippen molar-refractivity contribution < 1.29 is 26.4 Å². The van der Waals surface area contributed by atoms with E-state index in [1.54, 1.807) is 69.3 Å². The Bertz CT molecular complexity index is 1420. The maximum absolute atomic E-state index is 14.2. The van der Waals surface area contributed by atoms with E-state index in [-0.39, 0.29) is 11.4 Å². The van der Waals surface area contributed by atoms with Gasteiger partial charge in [0.25, 0.3) is 0 Å². The van der Waals surface area contributed by atoms with Crippen LogP contribution >= 0.6 is 0 Å². The minimum Gasteiger partial charge on any atom is -0.320 e. The second-order valence-electron chi connectivity index (χ2n) is 11.1. The normalized spacial score (nSPS) is 11.9. The Kier molecular flexibility index (Phi) is 11.0. The van der Waals surface area contributed by atoms with Gasteiger partial charge in [0.15, 0.2) is 11.6 Å². The number of amides is 2. The first-order valence-electron chi connectivity index (χ1n) is 13.7. The third-order valence-electron chi connectivity index (χ3n) is 6.31. The fourth-order valence-corrected chi connectivity index (χ4v) is 6.06. The van der Waals surface area contributed by atoms with Crippen molar-refractivity contribution in [1.82, 2.24) is 9.62 Å². The highest BCUT2D eigenvalue weighted by atomic mass is 32.2. The first-order valence-corrected chi connectivity index (χ1v) is 15.2. The molecule has 10 heteroatoms. The van der Waals surface area contributed by atoms with Gasteiger partial charge in [0, 0.05) is 36.3 Å². The molecule has 3 aromatic rings. The van der Waals surface area contributed by atoms with Crippen LogP contribution in [0.1, 0.15) is 65.4 Å². The lowest BCUT2D eigenvalue weighted by Gasteiger charge is -2.24. The Labute approximate surface area is 241 Å². The van der Waals surface area contributed by atoms with Crippen molar-refractivity contribution in [2.24, 2.45) is 0 Å². The Morgan fingerprint density at radius 3 is 2.10 bits per heavy atom. The van der Waals surface area contributed by atoms with E-state index in [1.165, 1.54) is 4.90 Å². The molecule has 0 aliphatic carbocycles. The summed E-state index contributed by atoms with van der Waals surface area (Å²) < 4.78 is 70.6. The van der Waals surface area contributed by atoms with Crippen LogP contribution in [0.3, 0.4) is 0 Å². The standard InChI is InChI=1S/C31H38F3N3O3S/c1-5-6-7-8-11-18-37(30(38)35-29-26(33)19-24(32)20-27(29)34)21-22-14-16-23(17-15-22)25-12-9-10-13-28(25)41(39,40)36-31(2,3)4/h9-10,12-17,19-20,36H,5-8,11,18,21H2,1-4H3,(H,35,38). The van der Waals surface area contributed by atoms with Gasteiger partial charge in [-0.25, -0.2) is 31.1 Å². The van der Waals surface area contributed by atoms with E-state index in [9.17, 15) is 26.4 Å². The number of halogens is 3. The topological polar surface area (TPSA) is 78.5 Å². The van der Waals surface area contributed by atoms with Crippen molar-refractivity contribution in [2.75, 3.05) is 11.9 Å². The highest BCUT2D eigenvalue weighted by Gasteiger charge is 2.25. The van der Waals surface area contributed by atoms with Crippen LogP contribution in [0.4, 0.5) is 23.7 Å². The van der Waals surface area contributed by atoms with Gasteiger partial charge in [-0.05, 0) is 44.4 Å². The minimum atomic E-state index is -3.79. The van der Waals surface area contributed by atoms with Crippen LogP contribution in [0.5, 0.6) is 0 Å². The lowest BCUT2D eigenvalue weighted by Crippen LogP contribution is -2.40. The summed E-state index contributed by atoms with van der Waals surface area (Å²) in [6.45, 7) is 7.91. The van der Waals surface area contributed by atoms with E-state index in [0.717, 1.165) is 31.2 Å². The predicted octanol–water partition coefficient (Wildman–Crippen LogP) is 7.85. The molecule has 2 amide bonds. The van der Waals surface area contributed by atoms with E-state index < -0.39 is 44.7 Å². The molecular weight excluding hydrogens is 551 g/mol. The van der Waals surface area contributed by atoms with Crippen molar-refractivity contribution >= 4 is 21.7 Å². The second kappa shape index (κ2) is 14.0. The zero-order valence-electron chi connectivity index (χ0n) is 23.9. The maximum atomic E-state index is 14.2. The van der Waals surface area contributed by atoms with Gasteiger partial charge in [0.05, 0.1) is 4.90 Å². The molecule has 0 bridgehead atoms. The Morgan fingerprint density at radius 1 is 0.878 bits per heavy atom. The molecule has 2 N–H and O–H groups in total. The van der Waals surface area contributed by atoms with E-state index in [2.05, 4.69) is 17.0 Å². The third-order valence-corrected chi connectivity index (χ3v) is 8.13. The monoisotopic (exact) mass is 589 g/mol. The van der Waals surface area contributed by atoms with Crippen molar-refractivity contribution in [3.8, 4) is 11.1 Å². The fourth-order valence-electron chi connectivity index (χ4n) is 4.41. The summed E-state index contributed by atoms with van der Waals surface area (Å²) in [5.74, 6) is -3.47. The molecule has 0 aliphatic heterocycles. The summed E-state index contributed by atoms with van der Waals surface area (Å²) in [4.78, 5) is 14.7. The smallest absolute Gasteiger partial charge is 0.320 e. The summed E-state index contributed by atoms with van der Waals surface area (Å²) in [5, 5.41) is 2.25. The van der Waals surface area contributed by atoms with Crippen molar-refractivity contribution in [3.05, 3.63) is 83.7 Å². The quantitative estimate of drug-likeness (QED) is 0.211. The van der Waals surface area contributed by atoms with Crippen molar-refractivity contribution in [3.63, 3.8) is 0 Å². The van der Waals surface area contributed by atoms with Crippen molar-refractivity contribution in [1.29, 1.82) is 0 Å². The van der Waals surface area contributed by atoms with Gasteiger partial charge in [0.2, 0.25) is 10.0 Å². The maximum Gasteiger partial charge on any atom is 0.322 e. The molecule has 222 valence electrons. The zero-order valence-corrected chi connectivity index (χ0v) is 24.8. The number of nitrogens with zero attached hydrogens (tertiary/aromatic N) is 1. The van der Waals surface area contributed by atoms with E-state index in [4.69, 9.17) is 0 Å². The third kappa shape index (κ3) is 9.33. The average molecular weight is 590 g/mol. The molecule has 0 spiro atoms. The van der Waals surface area contributed by atoms with Crippen LogP contribution in [0.15, 0.2) is 65.6 Å². The summed E-state index contributed by atoms with van der Waals surface area (Å²) in [6, 6.07) is 14.1. The van der Waals surface area contributed by atoms with Crippen LogP contribution in [-0.2, 0) is 16.6 Å². The molecule has 6 nitrogen and oxygen atoms in total. The fraction of sp³-hybridized carbons (Fsp3) is 0.387. The summed E-state index contributed by atoms with van der Waals surface area (Å²) >= 11 is 0. The molecule has 0 aromatic heterocycles. The van der Waals surface area contributed by atoms with Gasteiger partial charge in [0.1, 0.15) is 11.5 Å². The van der Waals surface area contributed by atoms with Gasteiger partial charge in [-0.2, -0.15) is 0 Å². The number of carbonyl (C=O) groups excluding carboxylic acids is 1. The van der Waals surface area contributed by atoms with Gasteiger partial charge in [-0.3, -0.25) is 0 Å². The van der Waals surface area contributed by atoms with Crippen LogP contribution in [-0.4, -0.2) is 31.4 Å². The lowest BCUT2D eigenvalue weighted by molar-refractivity contribution is 0.207. The number of urea groups is 1. The highest BCUT2D eigenvalue weighted by Crippen LogP contribution is 2.29. The number of unbranched alkanes of at least 4 members (excludes halogenated alkanes) is 4. The Hall–Kier alpha value is -3.37. The molecule has 0 aliphatic rings. The Morgan fingerprint density at radius 2 is 1.49 bits per heavy atom. The summed E-state index contributed by atoms with van der Waals surface area (Å²) in [6.07, 6.45) is 4.74. The number of carbonyl (C=O) groups is 1. The molecule has 0 saturated heterocycles. The molecule has 0 unspecified atom stereocenters. The number of hydrogen-bond acceptors (Lipinski definition) is 3. The van der Waals surface area contributed by atoms with Crippen LogP contribution in [0.2, 0.25) is 0 Å². The van der Waals surface area contributed by atoms with Gasteiger partial charge < -0.3 is 10.2 Å². The lowest BCUT2D eigenvalue weighted by atomic mass is 10.0. The first kappa shape index (κ1) is 32.1. The molecule has 41 heavy (non-hydrogen) atoms. The van der Waals surface area contributed by atoms with E-state index >= 15 is 0 Å². The van der Waals surface area contributed by atoms with Crippen LogP contribution in [0.25, 0.3) is 11.1 Å². The van der Waals surface area contributed by atoms with Gasteiger partial charge in [-0.15, -0.1) is 0 Å². The summed E-state index contributed by atoms with van der Waals surface area (Å²) in [5.41, 5.74) is 0.587. The Balaban J connectivity index is 1.83. The number of anilines is 1. The minimum absolute atomic E-state index is 0.149. The molecular formula is C31H38F3N3O3S.